The van der Waals surface area contributed by atoms with Gasteiger partial charge in [-0.15, -0.1) is 0 Å². The minimum absolute atomic E-state index is 0.0253. The minimum Gasteiger partial charge on any atom is -0.294 e. The van der Waals surface area contributed by atoms with Crippen LogP contribution in [0.15, 0.2) is 18.2 Å². The molecule has 17 heavy (non-hydrogen) atoms. The Labute approximate surface area is 109 Å². The van der Waals surface area contributed by atoms with Crippen molar-refractivity contribution in [3.8, 4) is 0 Å². The second-order valence-corrected chi connectivity index (χ2v) is 6.93. The Balaban J connectivity index is 3.30. The molecule has 0 atom stereocenters. The van der Waals surface area contributed by atoms with Crippen molar-refractivity contribution in [2.45, 2.75) is 47.0 Å². The van der Waals surface area contributed by atoms with Gasteiger partial charge in [0.25, 0.3) is 0 Å². The molecule has 0 spiro atoms. The van der Waals surface area contributed by atoms with Gasteiger partial charge in [-0.1, -0.05) is 59.2 Å². The number of rotatable bonds is 1. The van der Waals surface area contributed by atoms with Crippen LogP contribution in [0.1, 0.15) is 57.5 Å². The zero-order valence-corrected chi connectivity index (χ0v) is 12.3. The molecule has 0 bridgehead atoms. The van der Waals surface area contributed by atoms with Crippen LogP contribution in [0.25, 0.3) is 0 Å². The van der Waals surface area contributed by atoms with Crippen LogP contribution in [0.5, 0.6) is 0 Å². The van der Waals surface area contributed by atoms with Crippen LogP contribution >= 0.6 is 11.6 Å². The molecule has 94 valence electrons. The molecule has 0 saturated heterocycles. The third-order valence-electron chi connectivity index (χ3n) is 2.76. The monoisotopic (exact) mass is 252 g/mol. The van der Waals surface area contributed by atoms with E-state index in [1.165, 1.54) is 0 Å². The van der Waals surface area contributed by atoms with Crippen molar-refractivity contribution in [3.63, 3.8) is 0 Å². The highest BCUT2D eigenvalue weighted by molar-refractivity contribution is 6.34. The molecule has 0 aliphatic rings. The maximum Gasteiger partial charge on any atom is 0.169 e. The van der Waals surface area contributed by atoms with Crippen molar-refractivity contribution in [3.05, 3.63) is 34.3 Å². The molecule has 0 fully saturated rings. The van der Waals surface area contributed by atoms with Crippen LogP contribution in [0.4, 0.5) is 0 Å². The highest BCUT2D eigenvalue weighted by Gasteiger charge is 2.26. The van der Waals surface area contributed by atoms with Gasteiger partial charge in [0.15, 0.2) is 5.78 Å². The Kier molecular flexibility index (Phi) is 3.73. The molecule has 1 rings (SSSR count). The minimum atomic E-state index is -0.403. The molecule has 0 aliphatic heterocycles. The summed E-state index contributed by atoms with van der Waals surface area (Å²) >= 11 is 6.13. The lowest BCUT2D eigenvalue weighted by Gasteiger charge is -2.22. The standard InChI is InChI=1S/C15H21ClO/c1-14(2,3)10-7-8-12(16)11(9-10)13(17)15(4,5)6/h7-9H,1-6H3. The van der Waals surface area contributed by atoms with E-state index in [0.29, 0.717) is 10.6 Å². The largest absolute Gasteiger partial charge is 0.294 e. The Morgan fingerprint density at radius 3 is 2.00 bits per heavy atom. The molecular formula is C15H21ClO. The highest BCUT2D eigenvalue weighted by Crippen LogP contribution is 2.30. The summed E-state index contributed by atoms with van der Waals surface area (Å²) < 4.78 is 0. The van der Waals surface area contributed by atoms with Gasteiger partial charge in [0.05, 0.1) is 5.02 Å². The summed E-state index contributed by atoms with van der Waals surface area (Å²) in [5.41, 5.74) is 1.39. The first-order chi connectivity index (χ1) is 7.53. The number of hydrogen-bond donors (Lipinski definition) is 0. The number of hydrogen-bond acceptors (Lipinski definition) is 1. The molecule has 0 saturated carbocycles. The Morgan fingerprint density at radius 1 is 1.06 bits per heavy atom. The van der Waals surface area contributed by atoms with Gasteiger partial charge < -0.3 is 0 Å². The van der Waals surface area contributed by atoms with E-state index in [4.69, 9.17) is 11.6 Å². The van der Waals surface area contributed by atoms with E-state index in [0.717, 1.165) is 5.56 Å². The van der Waals surface area contributed by atoms with Crippen molar-refractivity contribution in [1.82, 2.24) is 0 Å². The first-order valence-corrected chi connectivity index (χ1v) is 6.26. The molecule has 1 nitrogen and oxygen atoms in total. The van der Waals surface area contributed by atoms with Crippen LogP contribution in [0.3, 0.4) is 0 Å². The average Bonchev–Trinajstić information content (AvgIpc) is 2.14. The summed E-state index contributed by atoms with van der Waals surface area (Å²) in [6, 6.07) is 5.73. The summed E-state index contributed by atoms with van der Waals surface area (Å²) in [5, 5.41) is 0.540. The second-order valence-electron chi connectivity index (χ2n) is 6.52. The predicted molar refractivity (Wildman–Crippen MR) is 73.9 cm³/mol. The smallest absolute Gasteiger partial charge is 0.169 e. The van der Waals surface area contributed by atoms with Crippen LogP contribution in [0.2, 0.25) is 5.02 Å². The number of halogens is 1. The summed E-state index contributed by atoms with van der Waals surface area (Å²) in [4.78, 5) is 12.3. The number of Topliss-reactive ketones (excluding diaryl/α,β-unsaturated/α-hetero) is 1. The quantitative estimate of drug-likeness (QED) is 0.652. The lowest BCUT2D eigenvalue weighted by molar-refractivity contribution is 0.0858. The normalized spacial score (nSPS) is 12.6. The summed E-state index contributed by atoms with van der Waals surface area (Å²) in [6.07, 6.45) is 0. The van der Waals surface area contributed by atoms with Crippen molar-refractivity contribution < 1.29 is 4.79 Å². The Hall–Kier alpha value is -0.820. The number of ketones is 1. The first kappa shape index (κ1) is 14.2. The van der Waals surface area contributed by atoms with Crippen LogP contribution < -0.4 is 0 Å². The van der Waals surface area contributed by atoms with Crippen molar-refractivity contribution >= 4 is 17.4 Å². The zero-order chi connectivity index (χ0) is 13.4. The van der Waals surface area contributed by atoms with E-state index in [-0.39, 0.29) is 11.2 Å². The number of carbonyl (C=O) groups excluding carboxylic acids is 1. The number of carbonyl (C=O) groups is 1. The predicted octanol–water partition coefficient (Wildman–Crippen LogP) is 4.87. The van der Waals surface area contributed by atoms with Crippen molar-refractivity contribution in [2.75, 3.05) is 0 Å². The van der Waals surface area contributed by atoms with Gasteiger partial charge in [0.2, 0.25) is 0 Å². The molecule has 0 N–H and O–H groups in total. The summed E-state index contributed by atoms with van der Waals surface area (Å²) in [7, 11) is 0. The van der Waals surface area contributed by atoms with Gasteiger partial charge in [-0.05, 0) is 23.1 Å². The van der Waals surface area contributed by atoms with Crippen molar-refractivity contribution in [1.29, 1.82) is 0 Å². The van der Waals surface area contributed by atoms with E-state index < -0.39 is 5.41 Å². The van der Waals surface area contributed by atoms with E-state index in [1.54, 1.807) is 0 Å². The van der Waals surface area contributed by atoms with Gasteiger partial charge >= 0.3 is 0 Å². The van der Waals surface area contributed by atoms with E-state index in [2.05, 4.69) is 20.8 Å². The van der Waals surface area contributed by atoms with Crippen LogP contribution in [0, 0.1) is 5.41 Å². The van der Waals surface area contributed by atoms with Gasteiger partial charge in [-0.3, -0.25) is 4.79 Å². The Bertz CT molecular complexity index is 433. The van der Waals surface area contributed by atoms with E-state index in [1.807, 2.05) is 39.0 Å². The first-order valence-electron chi connectivity index (χ1n) is 5.88. The summed E-state index contributed by atoms with van der Waals surface area (Å²) in [5.74, 6) is 0.0913. The number of benzene rings is 1. The highest BCUT2D eigenvalue weighted by atomic mass is 35.5. The average molecular weight is 253 g/mol. The molecule has 0 radical (unpaired) electrons. The fourth-order valence-corrected chi connectivity index (χ4v) is 1.77. The SMILES string of the molecule is CC(C)(C)C(=O)c1cc(C(C)(C)C)ccc1Cl. The second kappa shape index (κ2) is 4.45. The topological polar surface area (TPSA) is 17.1 Å². The van der Waals surface area contributed by atoms with Gasteiger partial charge in [0, 0.05) is 11.0 Å². The molecule has 0 amide bonds. The molecular weight excluding hydrogens is 232 g/mol. The maximum atomic E-state index is 12.3. The molecule has 0 unspecified atom stereocenters. The zero-order valence-electron chi connectivity index (χ0n) is 11.5. The fourth-order valence-electron chi connectivity index (χ4n) is 1.57. The van der Waals surface area contributed by atoms with Gasteiger partial charge in [0.1, 0.15) is 0 Å². The lowest BCUT2D eigenvalue weighted by atomic mass is 9.82. The lowest BCUT2D eigenvalue weighted by Crippen LogP contribution is -2.21. The third kappa shape index (κ3) is 3.32. The molecule has 1 aromatic rings. The molecule has 1 aromatic carbocycles. The molecule has 0 heterocycles. The summed E-state index contributed by atoms with van der Waals surface area (Å²) in [6.45, 7) is 12.1. The van der Waals surface area contributed by atoms with Crippen LogP contribution in [-0.2, 0) is 5.41 Å². The van der Waals surface area contributed by atoms with Crippen molar-refractivity contribution in [2.24, 2.45) is 5.41 Å². The molecule has 0 aliphatic carbocycles. The van der Waals surface area contributed by atoms with Gasteiger partial charge in [-0.25, -0.2) is 0 Å². The fraction of sp³-hybridized carbons (Fsp3) is 0.533. The van der Waals surface area contributed by atoms with Crippen LogP contribution in [-0.4, -0.2) is 5.78 Å². The van der Waals surface area contributed by atoms with E-state index in [9.17, 15) is 4.79 Å². The Morgan fingerprint density at radius 2 is 1.59 bits per heavy atom. The van der Waals surface area contributed by atoms with Gasteiger partial charge in [-0.2, -0.15) is 0 Å². The molecule has 2 heteroatoms. The third-order valence-corrected chi connectivity index (χ3v) is 3.09. The molecule has 0 aromatic heterocycles. The van der Waals surface area contributed by atoms with E-state index >= 15 is 0 Å². The maximum absolute atomic E-state index is 12.3.